The highest BCUT2D eigenvalue weighted by molar-refractivity contribution is 9.10. The second-order valence-electron chi connectivity index (χ2n) is 3.56. The maximum absolute atomic E-state index is 12.8. The lowest BCUT2D eigenvalue weighted by atomic mass is 9.98. The molecule has 0 aliphatic heterocycles. The number of carbonyl (C=O) groups excluding carboxylic acids is 1. The second kappa shape index (κ2) is 5.53. The Kier molecular flexibility index (Phi) is 4.59. The van der Waals surface area contributed by atoms with Crippen LogP contribution in [0.25, 0.3) is 0 Å². The summed E-state index contributed by atoms with van der Waals surface area (Å²) in [6, 6.07) is 4.61. The van der Waals surface area contributed by atoms with Gasteiger partial charge >= 0.3 is 0 Å². The molecule has 88 valence electrons. The molecule has 0 aliphatic carbocycles. The van der Waals surface area contributed by atoms with E-state index >= 15 is 0 Å². The lowest BCUT2D eigenvalue weighted by Gasteiger charge is -2.11. The van der Waals surface area contributed by atoms with E-state index in [4.69, 9.17) is 0 Å². The molecular formula is C12H13BrF2O. The molecular weight excluding hydrogens is 278 g/mol. The lowest BCUT2D eigenvalue weighted by Crippen LogP contribution is -2.13. The molecule has 1 aromatic rings. The number of benzene rings is 1. The minimum Gasteiger partial charge on any atom is -0.293 e. The van der Waals surface area contributed by atoms with Gasteiger partial charge in [-0.05, 0) is 25.0 Å². The first-order valence-electron chi connectivity index (χ1n) is 5.06. The molecule has 0 aromatic heterocycles. The zero-order valence-corrected chi connectivity index (χ0v) is 10.7. The zero-order chi connectivity index (χ0) is 12.3. The number of hydrogen-bond acceptors (Lipinski definition) is 1. The Bertz CT molecular complexity index is 389. The summed E-state index contributed by atoms with van der Waals surface area (Å²) < 4.78 is 25.6. The summed E-state index contributed by atoms with van der Waals surface area (Å²) in [5.41, 5.74) is 0.751. The Morgan fingerprint density at radius 1 is 1.44 bits per heavy atom. The van der Waals surface area contributed by atoms with Crippen molar-refractivity contribution in [2.75, 3.05) is 0 Å². The van der Waals surface area contributed by atoms with E-state index in [1.165, 1.54) is 12.1 Å². The van der Waals surface area contributed by atoms with Gasteiger partial charge in [0, 0.05) is 11.1 Å². The van der Waals surface area contributed by atoms with E-state index in [2.05, 4.69) is 15.9 Å². The minimum absolute atomic E-state index is 0.108. The van der Waals surface area contributed by atoms with E-state index in [9.17, 15) is 13.6 Å². The smallest absolute Gasteiger partial charge is 0.264 e. The molecule has 0 N–H and O–H groups in total. The minimum atomic E-state index is -2.61. The number of rotatable bonds is 4. The SMILES string of the molecule is CCc1ccc(C(=O)C(C)Br)c(C(F)F)c1. The van der Waals surface area contributed by atoms with Gasteiger partial charge in [0.25, 0.3) is 6.43 Å². The molecule has 4 heteroatoms. The van der Waals surface area contributed by atoms with Crippen molar-refractivity contribution in [3.8, 4) is 0 Å². The van der Waals surface area contributed by atoms with Crippen molar-refractivity contribution in [1.82, 2.24) is 0 Å². The third kappa shape index (κ3) is 2.88. The molecule has 1 unspecified atom stereocenters. The van der Waals surface area contributed by atoms with Crippen LogP contribution in [0.15, 0.2) is 18.2 Å². The number of halogens is 3. The molecule has 0 saturated carbocycles. The Morgan fingerprint density at radius 3 is 2.50 bits per heavy atom. The predicted octanol–water partition coefficient (Wildman–Crippen LogP) is 4.15. The fraction of sp³-hybridized carbons (Fsp3) is 0.417. The van der Waals surface area contributed by atoms with Crippen molar-refractivity contribution in [1.29, 1.82) is 0 Å². The molecule has 1 aromatic carbocycles. The Balaban J connectivity index is 3.23. The third-order valence-corrected chi connectivity index (χ3v) is 2.80. The topological polar surface area (TPSA) is 17.1 Å². The lowest BCUT2D eigenvalue weighted by molar-refractivity contribution is 0.0982. The van der Waals surface area contributed by atoms with Gasteiger partial charge in [0.05, 0.1) is 4.83 Å². The summed E-state index contributed by atoms with van der Waals surface area (Å²) in [4.78, 5) is 11.2. The summed E-state index contributed by atoms with van der Waals surface area (Å²) >= 11 is 3.10. The van der Waals surface area contributed by atoms with Gasteiger partial charge in [-0.3, -0.25) is 4.79 Å². The van der Waals surface area contributed by atoms with Gasteiger partial charge in [-0.2, -0.15) is 0 Å². The molecule has 0 spiro atoms. The fourth-order valence-electron chi connectivity index (χ4n) is 1.45. The van der Waals surface area contributed by atoms with Gasteiger partial charge in [-0.1, -0.05) is 35.0 Å². The number of carbonyl (C=O) groups is 1. The quantitative estimate of drug-likeness (QED) is 0.601. The van der Waals surface area contributed by atoms with E-state index in [1.54, 1.807) is 13.0 Å². The van der Waals surface area contributed by atoms with Crippen molar-refractivity contribution in [2.45, 2.75) is 31.5 Å². The van der Waals surface area contributed by atoms with E-state index in [-0.39, 0.29) is 16.9 Å². The highest BCUT2D eigenvalue weighted by Crippen LogP contribution is 2.26. The van der Waals surface area contributed by atoms with E-state index < -0.39 is 11.3 Å². The van der Waals surface area contributed by atoms with Crippen molar-refractivity contribution >= 4 is 21.7 Å². The molecule has 1 rings (SSSR count). The van der Waals surface area contributed by atoms with Gasteiger partial charge in [-0.15, -0.1) is 0 Å². The number of alkyl halides is 3. The molecule has 16 heavy (non-hydrogen) atoms. The molecule has 0 bridgehead atoms. The highest BCUT2D eigenvalue weighted by Gasteiger charge is 2.21. The van der Waals surface area contributed by atoms with E-state index in [0.29, 0.717) is 6.42 Å². The zero-order valence-electron chi connectivity index (χ0n) is 9.14. The maximum Gasteiger partial charge on any atom is 0.264 e. The van der Waals surface area contributed by atoms with Crippen molar-refractivity contribution in [3.05, 3.63) is 34.9 Å². The molecule has 0 fully saturated rings. The Labute approximate surface area is 102 Å². The van der Waals surface area contributed by atoms with Crippen LogP contribution in [0.5, 0.6) is 0 Å². The van der Waals surface area contributed by atoms with Crippen LogP contribution in [0.1, 0.15) is 41.8 Å². The maximum atomic E-state index is 12.8. The van der Waals surface area contributed by atoms with Crippen molar-refractivity contribution in [2.24, 2.45) is 0 Å². The Hall–Kier alpha value is -0.770. The summed E-state index contributed by atoms with van der Waals surface area (Å²) in [6.07, 6.45) is -1.94. The Morgan fingerprint density at radius 2 is 2.06 bits per heavy atom. The first-order valence-corrected chi connectivity index (χ1v) is 5.98. The summed E-state index contributed by atoms with van der Waals surface area (Å²) in [7, 11) is 0. The predicted molar refractivity (Wildman–Crippen MR) is 63.5 cm³/mol. The fourth-order valence-corrected chi connectivity index (χ4v) is 1.70. The number of Topliss-reactive ketones (excluding diaryl/α,β-unsaturated/α-hetero) is 1. The third-order valence-electron chi connectivity index (χ3n) is 2.39. The van der Waals surface area contributed by atoms with Crippen LogP contribution in [0.2, 0.25) is 0 Å². The summed E-state index contributed by atoms with van der Waals surface area (Å²) in [6.45, 7) is 3.52. The van der Waals surface area contributed by atoms with Crippen LogP contribution < -0.4 is 0 Å². The number of ketones is 1. The average Bonchev–Trinajstić information content (AvgIpc) is 2.26. The number of hydrogen-bond donors (Lipinski definition) is 0. The van der Waals surface area contributed by atoms with E-state index in [1.807, 2.05) is 6.92 Å². The van der Waals surface area contributed by atoms with Crippen LogP contribution in [-0.2, 0) is 6.42 Å². The van der Waals surface area contributed by atoms with Crippen LogP contribution >= 0.6 is 15.9 Å². The standard InChI is InChI=1S/C12H13BrF2O/c1-3-8-4-5-9(11(16)7(2)13)10(6-8)12(14)15/h4-7,12H,3H2,1-2H3. The van der Waals surface area contributed by atoms with Gasteiger partial charge in [-0.25, -0.2) is 8.78 Å². The molecule has 1 atom stereocenters. The number of aryl methyl sites for hydroxylation is 1. The first-order chi connectivity index (χ1) is 7.47. The monoisotopic (exact) mass is 290 g/mol. The van der Waals surface area contributed by atoms with Crippen LogP contribution in [0, 0.1) is 0 Å². The van der Waals surface area contributed by atoms with Gasteiger partial charge in [0.2, 0.25) is 0 Å². The van der Waals surface area contributed by atoms with Crippen molar-refractivity contribution in [3.63, 3.8) is 0 Å². The summed E-state index contributed by atoms with van der Waals surface area (Å²) in [5.74, 6) is -0.307. The van der Waals surface area contributed by atoms with Crippen LogP contribution in [0.3, 0.4) is 0 Å². The van der Waals surface area contributed by atoms with Crippen LogP contribution in [0.4, 0.5) is 8.78 Å². The second-order valence-corrected chi connectivity index (χ2v) is 4.93. The van der Waals surface area contributed by atoms with E-state index in [0.717, 1.165) is 5.56 Å². The molecule has 0 amide bonds. The molecule has 0 heterocycles. The van der Waals surface area contributed by atoms with Gasteiger partial charge in [0.1, 0.15) is 0 Å². The van der Waals surface area contributed by atoms with Crippen molar-refractivity contribution < 1.29 is 13.6 Å². The molecule has 1 nitrogen and oxygen atoms in total. The largest absolute Gasteiger partial charge is 0.293 e. The summed E-state index contributed by atoms with van der Waals surface area (Å²) in [5, 5.41) is 0. The highest BCUT2D eigenvalue weighted by atomic mass is 79.9. The van der Waals surface area contributed by atoms with Gasteiger partial charge in [0.15, 0.2) is 5.78 Å². The van der Waals surface area contributed by atoms with Gasteiger partial charge < -0.3 is 0 Å². The molecule has 0 radical (unpaired) electrons. The van der Waals surface area contributed by atoms with Crippen LogP contribution in [-0.4, -0.2) is 10.6 Å². The molecule has 0 aliphatic rings. The molecule has 0 saturated heterocycles. The first kappa shape index (κ1) is 13.3. The normalized spacial score (nSPS) is 12.9. The average molecular weight is 291 g/mol.